The van der Waals surface area contributed by atoms with Crippen LogP contribution in [-0.2, 0) is 6.42 Å². The minimum Gasteiger partial charge on any atom is -0.298 e. The number of aryl methyl sites for hydroxylation is 2. The maximum atomic E-state index is 13.2. The minimum atomic E-state index is -0.437. The standard InChI is InChI=1S/C27H20ClN3O3S/c1-15-3-4-16(2)23(11-15)31-25(33)21-10-7-18(13-22(21)26(31)34)24(32)30-27-29-14-20(35-27)12-17-5-8-19(28)9-6-17/h3-11,13-14H,12H2,1-2H3,(H,29,30,32). The van der Waals surface area contributed by atoms with Crippen molar-refractivity contribution in [1.29, 1.82) is 0 Å². The summed E-state index contributed by atoms with van der Waals surface area (Å²) in [5.41, 5.74) is 4.19. The van der Waals surface area contributed by atoms with Gasteiger partial charge in [-0.2, -0.15) is 0 Å². The van der Waals surface area contributed by atoms with Crippen LogP contribution in [0.25, 0.3) is 0 Å². The van der Waals surface area contributed by atoms with Crippen LogP contribution in [0.2, 0.25) is 5.02 Å². The van der Waals surface area contributed by atoms with Crippen LogP contribution in [0.1, 0.15) is 52.6 Å². The molecule has 3 aromatic carbocycles. The number of fused-ring (bicyclic) bond motifs is 1. The van der Waals surface area contributed by atoms with E-state index in [1.165, 1.54) is 28.4 Å². The van der Waals surface area contributed by atoms with Gasteiger partial charge >= 0.3 is 0 Å². The number of nitrogens with one attached hydrogen (secondary N) is 1. The monoisotopic (exact) mass is 501 g/mol. The molecule has 1 aromatic heterocycles. The predicted octanol–water partition coefficient (Wildman–Crippen LogP) is 6.06. The van der Waals surface area contributed by atoms with Crippen LogP contribution in [0.4, 0.5) is 10.8 Å². The Morgan fingerprint density at radius 3 is 2.49 bits per heavy atom. The molecule has 0 saturated heterocycles. The fraction of sp³-hybridized carbons (Fsp3) is 0.111. The first kappa shape index (κ1) is 23.0. The van der Waals surface area contributed by atoms with Crippen LogP contribution in [0, 0.1) is 13.8 Å². The Balaban J connectivity index is 1.34. The molecule has 1 aliphatic rings. The van der Waals surface area contributed by atoms with Crippen molar-refractivity contribution in [3.05, 3.63) is 110 Å². The molecule has 0 radical (unpaired) electrons. The van der Waals surface area contributed by atoms with Gasteiger partial charge in [0.25, 0.3) is 17.7 Å². The van der Waals surface area contributed by atoms with Crippen molar-refractivity contribution in [2.24, 2.45) is 0 Å². The number of hydrogen-bond acceptors (Lipinski definition) is 5. The van der Waals surface area contributed by atoms with Gasteiger partial charge in [-0.3, -0.25) is 19.7 Å². The smallest absolute Gasteiger partial charge is 0.266 e. The van der Waals surface area contributed by atoms with Gasteiger partial charge < -0.3 is 0 Å². The summed E-state index contributed by atoms with van der Waals surface area (Å²) in [6.45, 7) is 3.76. The van der Waals surface area contributed by atoms with Gasteiger partial charge in [-0.1, -0.05) is 35.9 Å². The molecule has 1 N–H and O–H groups in total. The number of amides is 3. The van der Waals surface area contributed by atoms with Crippen molar-refractivity contribution in [2.45, 2.75) is 20.3 Å². The fourth-order valence-corrected chi connectivity index (χ4v) is 4.95. The molecule has 0 spiro atoms. The molecule has 0 unspecified atom stereocenters. The topological polar surface area (TPSA) is 79.4 Å². The highest BCUT2D eigenvalue weighted by Crippen LogP contribution is 2.32. The van der Waals surface area contributed by atoms with Gasteiger partial charge in [0.2, 0.25) is 0 Å². The number of anilines is 2. The summed E-state index contributed by atoms with van der Waals surface area (Å²) in [6.07, 6.45) is 2.40. The van der Waals surface area contributed by atoms with E-state index >= 15 is 0 Å². The molecule has 3 amide bonds. The third kappa shape index (κ3) is 4.48. The molecule has 2 heterocycles. The summed E-state index contributed by atoms with van der Waals surface area (Å²) in [5, 5.41) is 3.92. The Hall–Kier alpha value is -3.81. The molecule has 174 valence electrons. The molecular formula is C27H20ClN3O3S. The van der Waals surface area contributed by atoms with E-state index in [4.69, 9.17) is 11.6 Å². The number of imide groups is 1. The van der Waals surface area contributed by atoms with E-state index in [-0.39, 0.29) is 16.7 Å². The molecule has 5 rings (SSSR count). The van der Waals surface area contributed by atoms with Crippen LogP contribution in [0.3, 0.4) is 0 Å². The average molecular weight is 502 g/mol. The van der Waals surface area contributed by atoms with Crippen LogP contribution in [0.5, 0.6) is 0 Å². The molecular weight excluding hydrogens is 482 g/mol. The van der Waals surface area contributed by atoms with Gasteiger partial charge in [-0.15, -0.1) is 11.3 Å². The lowest BCUT2D eigenvalue weighted by Crippen LogP contribution is -2.30. The Labute approximate surface area is 211 Å². The van der Waals surface area contributed by atoms with Crippen molar-refractivity contribution in [2.75, 3.05) is 10.2 Å². The summed E-state index contributed by atoms with van der Waals surface area (Å²) < 4.78 is 0. The quantitative estimate of drug-likeness (QED) is 0.337. The minimum absolute atomic E-state index is 0.214. The van der Waals surface area contributed by atoms with Gasteiger partial charge in [0.1, 0.15) is 0 Å². The molecule has 0 atom stereocenters. The SMILES string of the molecule is Cc1ccc(C)c(N2C(=O)c3ccc(C(=O)Nc4ncc(Cc5ccc(Cl)cc5)s4)cc3C2=O)c1. The van der Waals surface area contributed by atoms with Crippen LogP contribution >= 0.6 is 22.9 Å². The number of rotatable bonds is 5. The Morgan fingerprint density at radius 2 is 1.71 bits per heavy atom. The maximum Gasteiger partial charge on any atom is 0.266 e. The Kier molecular flexibility index (Phi) is 5.96. The van der Waals surface area contributed by atoms with Crippen LogP contribution in [0.15, 0.2) is 66.9 Å². The summed E-state index contributed by atoms with van der Waals surface area (Å²) in [4.78, 5) is 45.5. The van der Waals surface area contributed by atoms with Gasteiger partial charge in [0.15, 0.2) is 5.13 Å². The number of nitrogens with zero attached hydrogens (tertiary/aromatic N) is 2. The van der Waals surface area contributed by atoms with E-state index < -0.39 is 17.7 Å². The largest absolute Gasteiger partial charge is 0.298 e. The Morgan fingerprint density at radius 1 is 0.971 bits per heavy atom. The lowest BCUT2D eigenvalue weighted by atomic mass is 10.1. The molecule has 35 heavy (non-hydrogen) atoms. The number of hydrogen-bond donors (Lipinski definition) is 1. The first-order valence-corrected chi connectivity index (χ1v) is 12.1. The van der Waals surface area contributed by atoms with Gasteiger partial charge in [0, 0.05) is 28.1 Å². The zero-order valence-electron chi connectivity index (χ0n) is 19.0. The normalized spacial score (nSPS) is 12.7. The van der Waals surface area contributed by atoms with Crippen molar-refractivity contribution in [1.82, 2.24) is 4.98 Å². The van der Waals surface area contributed by atoms with Gasteiger partial charge in [-0.25, -0.2) is 9.88 Å². The van der Waals surface area contributed by atoms with Gasteiger partial charge in [-0.05, 0) is 66.9 Å². The zero-order valence-corrected chi connectivity index (χ0v) is 20.5. The maximum absolute atomic E-state index is 13.2. The summed E-state index contributed by atoms with van der Waals surface area (Å²) >= 11 is 7.32. The zero-order chi connectivity index (χ0) is 24.7. The fourth-order valence-electron chi connectivity index (χ4n) is 3.98. The number of halogens is 1. The second-order valence-electron chi connectivity index (χ2n) is 8.39. The highest BCUT2D eigenvalue weighted by molar-refractivity contribution is 7.15. The molecule has 0 fully saturated rings. The molecule has 0 aliphatic carbocycles. The van der Waals surface area contributed by atoms with E-state index in [1.807, 2.05) is 56.3 Å². The first-order valence-electron chi connectivity index (χ1n) is 10.9. The average Bonchev–Trinajstić information content (AvgIpc) is 3.38. The molecule has 6 nitrogen and oxygen atoms in total. The number of benzene rings is 3. The van der Waals surface area contributed by atoms with Crippen molar-refractivity contribution in [3.63, 3.8) is 0 Å². The molecule has 0 saturated carbocycles. The highest BCUT2D eigenvalue weighted by Gasteiger charge is 2.37. The van der Waals surface area contributed by atoms with E-state index in [2.05, 4.69) is 10.3 Å². The van der Waals surface area contributed by atoms with Crippen LogP contribution in [-0.4, -0.2) is 22.7 Å². The number of carbonyl (C=O) groups excluding carboxylic acids is 3. The third-order valence-electron chi connectivity index (χ3n) is 5.82. The van der Waals surface area contributed by atoms with Gasteiger partial charge in [0.05, 0.1) is 16.8 Å². The molecule has 4 aromatic rings. The van der Waals surface area contributed by atoms with Crippen molar-refractivity contribution in [3.8, 4) is 0 Å². The summed E-state index contributed by atoms with van der Waals surface area (Å²) in [5.74, 6) is -1.23. The lowest BCUT2D eigenvalue weighted by Gasteiger charge is -2.17. The van der Waals surface area contributed by atoms with E-state index in [0.29, 0.717) is 22.3 Å². The number of aromatic nitrogens is 1. The van der Waals surface area contributed by atoms with Crippen molar-refractivity contribution >= 4 is 51.5 Å². The third-order valence-corrected chi connectivity index (χ3v) is 6.98. The number of thiazole rings is 1. The van der Waals surface area contributed by atoms with E-state index in [9.17, 15) is 14.4 Å². The molecule has 0 bridgehead atoms. The summed E-state index contributed by atoms with van der Waals surface area (Å²) in [6, 6.07) is 17.7. The summed E-state index contributed by atoms with van der Waals surface area (Å²) in [7, 11) is 0. The predicted molar refractivity (Wildman–Crippen MR) is 138 cm³/mol. The van der Waals surface area contributed by atoms with E-state index in [1.54, 1.807) is 12.3 Å². The van der Waals surface area contributed by atoms with E-state index in [0.717, 1.165) is 21.6 Å². The first-order chi connectivity index (χ1) is 16.8. The molecule has 1 aliphatic heterocycles. The second kappa shape index (κ2) is 9.09. The Bertz CT molecular complexity index is 1490. The van der Waals surface area contributed by atoms with Crippen molar-refractivity contribution < 1.29 is 14.4 Å². The lowest BCUT2D eigenvalue weighted by molar-refractivity contribution is 0.0925. The second-order valence-corrected chi connectivity index (χ2v) is 9.94. The number of carbonyl (C=O) groups is 3. The highest BCUT2D eigenvalue weighted by atomic mass is 35.5. The van der Waals surface area contributed by atoms with Crippen LogP contribution < -0.4 is 10.2 Å². The molecule has 8 heteroatoms.